The molecule has 5 nitrogen and oxygen atoms in total. The van der Waals surface area contributed by atoms with Crippen molar-refractivity contribution in [3.05, 3.63) is 18.6 Å². The molecule has 1 atom stereocenters. The van der Waals surface area contributed by atoms with Crippen LogP contribution in [0.3, 0.4) is 0 Å². The minimum Gasteiger partial charge on any atom is -0.480 e. The van der Waals surface area contributed by atoms with Gasteiger partial charge in [-0.25, -0.2) is 9.97 Å². The van der Waals surface area contributed by atoms with Crippen LogP contribution < -0.4 is 5.32 Å². The Morgan fingerprint density at radius 2 is 2.25 bits per heavy atom. The zero-order valence-electron chi connectivity index (χ0n) is 12.3. The molecule has 0 spiro atoms. The molecule has 1 rings (SSSR count). The second-order valence-electron chi connectivity index (χ2n) is 5.29. The average Bonchev–Trinajstić information content (AvgIpc) is 2.38. The van der Waals surface area contributed by atoms with Crippen LogP contribution in [0.2, 0.25) is 0 Å². The van der Waals surface area contributed by atoms with Gasteiger partial charge in [0.15, 0.2) is 0 Å². The van der Waals surface area contributed by atoms with Gasteiger partial charge in [0.05, 0.1) is 5.03 Å². The van der Waals surface area contributed by atoms with Gasteiger partial charge in [-0.1, -0.05) is 6.42 Å². The first-order chi connectivity index (χ1) is 9.44. The normalized spacial score (nSPS) is 14.2. The fourth-order valence-corrected chi connectivity index (χ4v) is 2.84. The Morgan fingerprint density at radius 3 is 2.80 bits per heavy atom. The SMILES string of the molecule is CC(C)NC(C)(CCCCSc1ccncn1)C(=O)O. The summed E-state index contributed by atoms with van der Waals surface area (Å²) in [5.41, 5.74) is -0.840. The van der Waals surface area contributed by atoms with Gasteiger partial charge in [0, 0.05) is 12.2 Å². The fourth-order valence-electron chi connectivity index (χ4n) is 2.00. The minimum absolute atomic E-state index is 0.159. The lowest BCUT2D eigenvalue weighted by Gasteiger charge is -2.28. The summed E-state index contributed by atoms with van der Waals surface area (Å²) in [4.78, 5) is 19.4. The van der Waals surface area contributed by atoms with Crippen molar-refractivity contribution in [2.75, 3.05) is 5.75 Å². The van der Waals surface area contributed by atoms with Crippen molar-refractivity contribution in [1.82, 2.24) is 15.3 Å². The third-order valence-electron chi connectivity index (χ3n) is 2.96. The molecule has 0 fully saturated rings. The number of thioether (sulfide) groups is 1. The highest BCUT2D eigenvalue weighted by Gasteiger charge is 2.32. The minimum atomic E-state index is -0.840. The van der Waals surface area contributed by atoms with Gasteiger partial charge in [-0.15, -0.1) is 11.8 Å². The average molecular weight is 297 g/mol. The summed E-state index contributed by atoms with van der Waals surface area (Å²) in [5, 5.41) is 13.4. The number of carbonyl (C=O) groups is 1. The summed E-state index contributed by atoms with van der Waals surface area (Å²) < 4.78 is 0. The van der Waals surface area contributed by atoms with E-state index in [9.17, 15) is 9.90 Å². The van der Waals surface area contributed by atoms with Crippen molar-refractivity contribution in [2.45, 2.75) is 56.6 Å². The lowest BCUT2D eigenvalue weighted by molar-refractivity contribution is -0.144. The van der Waals surface area contributed by atoms with Gasteiger partial charge in [0.1, 0.15) is 11.9 Å². The van der Waals surface area contributed by atoms with Crippen molar-refractivity contribution in [3.63, 3.8) is 0 Å². The number of unbranched alkanes of at least 4 members (excludes halogenated alkanes) is 1. The zero-order valence-corrected chi connectivity index (χ0v) is 13.1. The van der Waals surface area contributed by atoms with Crippen molar-refractivity contribution < 1.29 is 9.90 Å². The standard InChI is InChI=1S/C14H23N3O2S/c1-11(2)17-14(3,13(18)19)7-4-5-9-20-12-6-8-15-10-16-12/h6,8,10-11,17H,4-5,7,9H2,1-3H3,(H,18,19). The maximum Gasteiger partial charge on any atom is 0.323 e. The number of aliphatic carboxylic acids is 1. The fraction of sp³-hybridized carbons (Fsp3) is 0.643. The van der Waals surface area contributed by atoms with E-state index in [-0.39, 0.29) is 6.04 Å². The molecule has 2 N–H and O–H groups in total. The Labute approximate surface area is 124 Å². The molecule has 6 heteroatoms. The largest absolute Gasteiger partial charge is 0.480 e. The Kier molecular flexibility index (Phi) is 6.95. The lowest BCUT2D eigenvalue weighted by Crippen LogP contribution is -2.52. The van der Waals surface area contributed by atoms with Crippen LogP contribution in [0.5, 0.6) is 0 Å². The van der Waals surface area contributed by atoms with Crippen molar-refractivity contribution >= 4 is 17.7 Å². The number of carboxylic acid groups (broad SMARTS) is 1. The predicted molar refractivity (Wildman–Crippen MR) is 80.9 cm³/mol. The van der Waals surface area contributed by atoms with Gasteiger partial charge in [-0.05, 0) is 45.4 Å². The van der Waals surface area contributed by atoms with E-state index in [1.165, 1.54) is 6.33 Å². The molecule has 0 aliphatic carbocycles. The van der Waals surface area contributed by atoms with Crippen LogP contribution in [0.4, 0.5) is 0 Å². The molecular formula is C14H23N3O2S. The quantitative estimate of drug-likeness (QED) is 0.414. The summed E-state index contributed by atoms with van der Waals surface area (Å²) in [6.45, 7) is 5.69. The highest BCUT2D eigenvalue weighted by molar-refractivity contribution is 7.99. The van der Waals surface area contributed by atoms with Crippen LogP contribution in [0, 0.1) is 0 Å². The molecule has 1 aromatic heterocycles. The van der Waals surface area contributed by atoms with E-state index in [1.807, 2.05) is 19.9 Å². The van der Waals surface area contributed by atoms with Gasteiger partial charge in [0.2, 0.25) is 0 Å². The second-order valence-corrected chi connectivity index (χ2v) is 6.40. The van der Waals surface area contributed by atoms with E-state index in [0.29, 0.717) is 6.42 Å². The van der Waals surface area contributed by atoms with E-state index in [4.69, 9.17) is 0 Å². The predicted octanol–water partition coefficient (Wildman–Crippen LogP) is 2.58. The maximum atomic E-state index is 11.4. The third-order valence-corrected chi connectivity index (χ3v) is 3.99. The van der Waals surface area contributed by atoms with Gasteiger partial charge in [-0.3, -0.25) is 10.1 Å². The third kappa shape index (κ3) is 5.88. The maximum absolute atomic E-state index is 11.4. The highest BCUT2D eigenvalue weighted by atomic mass is 32.2. The Morgan fingerprint density at radius 1 is 1.50 bits per heavy atom. The Bertz CT molecular complexity index is 414. The summed E-state index contributed by atoms with van der Waals surface area (Å²) in [6, 6.07) is 2.04. The monoisotopic (exact) mass is 297 g/mol. The Hall–Kier alpha value is -1.14. The molecule has 112 valence electrons. The van der Waals surface area contributed by atoms with Gasteiger partial charge >= 0.3 is 5.97 Å². The van der Waals surface area contributed by atoms with Gasteiger partial charge in [0.25, 0.3) is 0 Å². The number of rotatable bonds is 9. The van der Waals surface area contributed by atoms with Gasteiger partial charge < -0.3 is 5.11 Å². The number of nitrogens with one attached hydrogen (secondary N) is 1. The van der Waals surface area contributed by atoms with Crippen LogP contribution in [0.25, 0.3) is 0 Å². The van der Waals surface area contributed by atoms with E-state index in [1.54, 1.807) is 24.9 Å². The van der Waals surface area contributed by atoms with E-state index >= 15 is 0 Å². The molecule has 0 saturated carbocycles. The molecule has 0 aliphatic rings. The van der Waals surface area contributed by atoms with E-state index in [2.05, 4.69) is 15.3 Å². The van der Waals surface area contributed by atoms with Gasteiger partial charge in [-0.2, -0.15) is 0 Å². The van der Waals surface area contributed by atoms with Crippen LogP contribution in [-0.2, 0) is 4.79 Å². The molecule has 0 aliphatic heterocycles. The van der Waals surface area contributed by atoms with Crippen LogP contribution in [-0.4, -0.2) is 38.4 Å². The summed E-state index contributed by atoms with van der Waals surface area (Å²) in [5.74, 6) is 0.156. The molecule has 0 bridgehead atoms. The number of hydrogen-bond donors (Lipinski definition) is 2. The Balaban J connectivity index is 2.29. The molecule has 1 heterocycles. The van der Waals surface area contributed by atoms with Crippen molar-refractivity contribution in [2.24, 2.45) is 0 Å². The van der Waals surface area contributed by atoms with E-state index < -0.39 is 11.5 Å². The topological polar surface area (TPSA) is 75.1 Å². The summed E-state index contributed by atoms with van der Waals surface area (Å²) in [7, 11) is 0. The molecule has 20 heavy (non-hydrogen) atoms. The molecule has 1 unspecified atom stereocenters. The van der Waals surface area contributed by atoms with Crippen LogP contribution in [0.15, 0.2) is 23.6 Å². The first-order valence-corrected chi connectivity index (χ1v) is 7.82. The van der Waals surface area contributed by atoms with Crippen LogP contribution >= 0.6 is 11.8 Å². The first kappa shape index (κ1) is 16.9. The van der Waals surface area contributed by atoms with Crippen molar-refractivity contribution in [1.29, 1.82) is 0 Å². The zero-order chi connectivity index (χ0) is 15.0. The smallest absolute Gasteiger partial charge is 0.323 e. The number of hydrogen-bond acceptors (Lipinski definition) is 5. The number of carboxylic acids is 1. The lowest BCUT2D eigenvalue weighted by atomic mass is 9.94. The van der Waals surface area contributed by atoms with Crippen molar-refractivity contribution in [3.8, 4) is 0 Å². The number of aromatic nitrogens is 2. The summed E-state index contributed by atoms with van der Waals surface area (Å²) >= 11 is 1.67. The van der Waals surface area contributed by atoms with Crippen LogP contribution in [0.1, 0.15) is 40.0 Å². The molecular weight excluding hydrogens is 274 g/mol. The number of nitrogens with zero attached hydrogens (tertiary/aromatic N) is 2. The molecule has 0 saturated heterocycles. The molecule has 0 amide bonds. The first-order valence-electron chi connectivity index (χ1n) is 6.84. The highest BCUT2D eigenvalue weighted by Crippen LogP contribution is 2.19. The van der Waals surface area contributed by atoms with E-state index in [0.717, 1.165) is 23.6 Å². The molecule has 0 aromatic carbocycles. The summed E-state index contributed by atoms with van der Waals surface area (Å²) in [6.07, 6.45) is 5.74. The second kappa shape index (κ2) is 8.21. The molecule has 0 radical (unpaired) electrons. The molecule has 1 aromatic rings.